The number of thioether (sulfide) groups is 1. The lowest BCUT2D eigenvalue weighted by Gasteiger charge is -2.38. The first kappa shape index (κ1) is 19.9. The van der Waals surface area contributed by atoms with Gasteiger partial charge in [-0.2, -0.15) is 0 Å². The van der Waals surface area contributed by atoms with Crippen LogP contribution in [-0.2, 0) is 4.79 Å². The van der Waals surface area contributed by atoms with Gasteiger partial charge in [0.25, 0.3) is 5.56 Å². The van der Waals surface area contributed by atoms with Crippen LogP contribution in [0.2, 0.25) is 0 Å². The lowest BCUT2D eigenvalue weighted by Crippen LogP contribution is -2.37. The molecule has 1 aliphatic heterocycles. The largest absolute Gasteiger partial charge is 0.343 e. The van der Waals surface area contributed by atoms with Crippen molar-refractivity contribution in [2.75, 3.05) is 11.1 Å². The molecular weight excluding hydrogens is 384 g/mol. The van der Waals surface area contributed by atoms with E-state index < -0.39 is 5.92 Å². The molecule has 0 unspecified atom stereocenters. The smallest absolute Gasteiger partial charge is 0.257 e. The summed E-state index contributed by atoms with van der Waals surface area (Å²) in [5.74, 6) is 1.15. The minimum Gasteiger partial charge on any atom is -0.343 e. The summed E-state index contributed by atoms with van der Waals surface area (Å²) in [5.41, 5.74) is 2.69. The number of carbonyl (C=O) groups excluding carboxylic acids is 1. The summed E-state index contributed by atoms with van der Waals surface area (Å²) < 4.78 is 0. The first-order chi connectivity index (χ1) is 13.9. The molecule has 2 N–H and O–H groups in total. The second kappa shape index (κ2) is 7.78. The average Bonchev–Trinajstić information content (AvgIpc) is 2.66. The van der Waals surface area contributed by atoms with Gasteiger partial charge in [-0.3, -0.25) is 14.6 Å². The van der Waals surface area contributed by atoms with Crippen LogP contribution in [0.3, 0.4) is 0 Å². The zero-order valence-corrected chi connectivity index (χ0v) is 17.9. The number of aromatic amines is 1. The number of rotatable bonds is 5. The van der Waals surface area contributed by atoms with E-state index in [1.54, 1.807) is 24.2 Å². The van der Waals surface area contributed by atoms with Crippen molar-refractivity contribution in [2.24, 2.45) is 5.41 Å². The third kappa shape index (κ3) is 3.88. The molecule has 0 radical (unpaired) electrons. The van der Waals surface area contributed by atoms with Crippen LogP contribution in [0.25, 0.3) is 0 Å². The number of ketones is 1. The Morgan fingerprint density at radius 3 is 2.69 bits per heavy atom. The highest BCUT2D eigenvalue weighted by molar-refractivity contribution is 7.99. The summed E-state index contributed by atoms with van der Waals surface area (Å²) in [6, 6.07) is 3.75. The summed E-state index contributed by atoms with van der Waals surface area (Å²) >= 11 is 1.56. The molecule has 3 heterocycles. The average molecular weight is 411 g/mol. The van der Waals surface area contributed by atoms with E-state index in [1.807, 2.05) is 12.1 Å². The summed E-state index contributed by atoms with van der Waals surface area (Å²) in [4.78, 5) is 38.0. The fourth-order valence-electron chi connectivity index (χ4n) is 4.16. The predicted molar refractivity (Wildman–Crippen MR) is 115 cm³/mol. The van der Waals surface area contributed by atoms with Crippen LogP contribution in [0.1, 0.15) is 63.5 Å². The van der Waals surface area contributed by atoms with E-state index >= 15 is 0 Å². The summed E-state index contributed by atoms with van der Waals surface area (Å²) in [6.45, 7) is 6.34. The number of unbranched alkanes of at least 4 members (excludes halogenated alkanes) is 1. The number of H-pyrrole nitrogens is 1. The molecule has 0 aromatic carbocycles. The van der Waals surface area contributed by atoms with Crippen LogP contribution >= 0.6 is 11.8 Å². The number of hydrogen-bond donors (Lipinski definition) is 2. The molecule has 1 atom stereocenters. The number of fused-ring (bicyclic) bond motifs is 1. The number of pyridine rings is 1. The van der Waals surface area contributed by atoms with Crippen molar-refractivity contribution in [2.45, 2.75) is 57.5 Å². The van der Waals surface area contributed by atoms with E-state index in [4.69, 9.17) is 4.98 Å². The highest BCUT2D eigenvalue weighted by Gasteiger charge is 2.42. The fourth-order valence-corrected chi connectivity index (χ4v) is 5.11. The molecule has 2 aromatic heterocycles. The van der Waals surface area contributed by atoms with Gasteiger partial charge in [0.1, 0.15) is 5.82 Å². The number of aromatic nitrogens is 3. The first-order valence-electron chi connectivity index (χ1n) is 10.1. The quantitative estimate of drug-likeness (QED) is 0.435. The van der Waals surface area contributed by atoms with Gasteiger partial charge in [0.15, 0.2) is 10.9 Å². The Kier molecular flexibility index (Phi) is 5.34. The maximum atomic E-state index is 13.1. The van der Waals surface area contributed by atoms with Crippen LogP contribution < -0.4 is 10.9 Å². The third-order valence-electron chi connectivity index (χ3n) is 5.48. The maximum Gasteiger partial charge on any atom is 0.257 e. The van der Waals surface area contributed by atoms with E-state index in [-0.39, 0.29) is 16.8 Å². The summed E-state index contributed by atoms with van der Waals surface area (Å²) in [5, 5.41) is 3.97. The lowest BCUT2D eigenvalue weighted by molar-refractivity contribution is -0.118. The number of carbonyl (C=O) groups is 1. The number of allylic oxidation sites excluding steroid dienone is 2. The van der Waals surface area contributed by atoms with E-state index in [0.717, 1.165) is 36.3 Å². The Morgan fingerprint density at radius 1 is 1.21 bits per heavy atom. The molecule has 4 rings (SSSR count). The van der Waals surface area contributed by atoms with Crippen molar-refractivity contribution >= 4 is 23.4 Å². The topological polar surface area (TPSA) is 87.7 Å². The molecule has 0 saturated carbocycles. The van der Waals surface area contributed by atoms with Crippen molar-refractivity contribution in [3.8, 4) is 0 Å². The standard InChI is InChI=1S/C22H26N4O2S/c1-4-5-10-29-21-25-19-18(20(28)26-21)16(13-6-8-23-9-7-13)17-14(24-19)11-22(2,3)12-15(17)27/h6-9,16H,4-5,10-12H2,1-3H3,(H2,24,25,26,28)/t16-/m0/s1. The van der Waals surface area contributed by atoms with Gasteiger partial charge in [0.05, 0.1) is 5.56 Å². The SMILES string of the molecule is CCCCSc1nc2c(c(=O)[nH]1)[C@@H](c1ccncc1)C1=C(CC(C)(C)CC1=O)N2. The van der Waals surface area contributed by atoms with Crippen molar-refractivity contribution in [1.82, 2.24) is 15.0 Å². The molecule has 152 valence electrons. The van der Waals surface area contributed by atoms with Crippen molar-refractivity contribution < 1.29 is 4.79 Å². The zero-order chi connectivity index (χ0) is 20.6. The second-order valence-electron chi connectivity index (χ2n) is 8.51. The molecule has 0 fully saturated rings. The predicted octanol–water partition coefficient (Wildman–Crippen LogP) is 4.26. The Bertz CT molecular complexity index is 1030. The molecule has 0 amide bonds. The molecule has 6 nitrogen and oxygen atoms in total. The molecule has 29 heavy (non-hydrogen) atoms. The molecule has 0 bridgehead atoms. The molecule has 7 heteroatoms. The number of nitrogens with zero attached hydrogens (tertiary/aromatic N) is 2. The molecular formula is C22H26N4O2S. The van der Waals surface area contributed by atoms with Crippen LogP contribution in [0.15, 0.2) is 45.7 Å². The number of Topliss-reactive ketones (excluding diaryl/α,β-unsaturated/α-hetero) is 1. The van der Waals surface area contributed by atoms with Gasteiger partial charge < -0.3 is 10.3 Å². The summed E-state index contributed by atoms with van der Waals surface area (Å²) in [6.07, 6.45) is 6.79. The van der Waals surface area contributed by atoms with Gasteiger partial charge >= 0.3 is 0 Å². The van der Waals surface area contributed by atoms with Crippen molar-refractivity contribution in [3.05, 3.63) is 57.3 Å². The highest BCUT2D eigenvalue weighted by atomic mass is 32.2. The minimum absolute atomic E-state index is 0.0945. The number of anilines is 1. The molecule has 1 aliphatic carbocycles. The van der Waals surface area contributed by atoms with Gasteiger partial charge in [0.2, 0.25) is 0 Å². The number of nitrogens with one attached hydrogen (secondary N) is 2. The molecule has 0 saturated heterocycles. The molecule has 0 spiro atoms. The van der Waals surface area contributed by atoms with Crippen LogP contribution in [0.5, 0.6) is 0 Å². The van der Waals surface area contributed by atoms with Crippen LogP contribution in [0.4, 0.5) is 5.82 Å². The Balaban J connectivity index is 1.85. The van der Waals surface area contributed by atoms with Gasteiger partial charge in [0, 0.05) is 41.8 Å². The van der Waals surface area contributed by atoms with E-state index in [2.05, 4.69) is 36.1 Å². The Morgan fingerprint density at radius 2 is 1.97 bits per heavy atom. The first-order valence-corrected chi connectivity index (χ1v) is 11.1. The van der Waals surface area contributed by atoms with Gasteiger partial charge in [-0.15, -0.1) is 0 Å². The normalized spacial score (nSPS) is 20.1. The Labute approximate surface area is 174 Å². The summed E-state index contributed by atoms with van der Waals surface area (Å²) in [7, 11) is 0. The van der Waals surface area contributed by atoms with E-state index in [0.29, 0.717) is 28.5 Å². The molecule has 2 aromatic rings. The minimum atomic E-state index is -0.418. The Hall–Kier alpha value is -2.41. The van der Waals surface area contributed by atoms with Crippen molar-refractivity contribution in [3.63, 3.8) is 0 Å². The number of hydrogen-bond acceptors (Lipinski definition) is 6. The van der Waals surface area contributed by atoms with Gasteiger partial charge in [-0.1, -0.05) is 39.0 Å². The zero-order valence-electron chi connectivity index (χ0n) is 17.0. The van der Waals surface area contributed by atoms with E-state index in [1.165, 1.54) is 0 Å². The van der Waals surface area contributed by atoms with Gasteiger partial charge in [-0.25, -0.2) is 4.98 Å². The highest BCUT2D eigenvalue weighted by Crippen LogP contribution is 2.47. The van der Waals surface area contributed by atoms with Gasteiger partial charge in [-0.05, 0) is 36.0 Å². The third-order valence-corrected chi connectivity index (χ3v) is 6.44. The van der Waals surface area contributed by atoms with Crippen LogP contribution in [-0.4, -0.2) is 26.5 Å². The van der Waals surface area contributed by atoms with Crippen LogP contribution in [0, 0.1) is 5.41 Å². The lowest BCUT2D eigenvalue weighted by atomic mass is 9.69. The maximum absolute atomic E-state index is 13.1. The molecule has 2 aliphatic rings. The second-order valence-corrected chi connectivity index (χ2v) is 9.59. The monoisotopic (exact) mass is 410 g/mol. The van der Waals surface area contributed by atoms with Crippen molar-refractivity contribution in [1.29, 1.82) is 0 Å². The fraction of sp³-hybridized carbons (Fsp3) is 0.455. The van der Waals surface area contributed by atoms with E-state index in [9.17, 15) is 9.59 Å².